The van der Waals surface area contributed by atoms with E-state index in [0.717, 1.165) is 51.1 Å². The van der Waals surface area contributed by atoms with Crippen molar-refractivity contribution in [1.82, 2.24) is 10.2 Å². The van der Waals surface area contributed by atoms with Crippen molar-refractivity contribution in [2.24, 2.45) is 17.6 Å². The van der Waals surface area contributed by atoms with Crippen molar-refractivity contribution in [1.29, 1.82) is 0 Å². The minimum absolute atomic E-state index is 0.0179. The molecule has 4 nitrogen and oxygen atoms in total. The molecular formula is C16H29N3OS. The van der Waals surface area contributed by atoms with Crippen LogP contribution in [0.25, 0.3) is 0 Å². The lowest BCUT2D eigenvalue weighted by atomic mass is 9.75. The molecule has 21 heavy (non-hydrogen) atoms. The Kier molecular flexibility index (Phi) is 5.47. The molecule has 1 unspecified atom stereocenters. The van der Waals surface area contributed by atoms with Crippen LogP contribution < -0.4 is 11.1 Å². The number of nitrogens with two attached hydrogens (primary N) is 1. The van der Waals surface area contributed by atoms with Crippen LogP contribution in [-0.4, -0.2) is 34.5 Å². The van der Waals surface area contributed by atoms with E-state index in [1.165, 1.54) is 12.8 Å². The maximum atomic E-state index is 12.6. The molecule has 2 amide bonds. The number of nitrogens with zero attached hydrogens (tertiary/aromatic N) is 1. The van der Waals surface area contributed by atoms with Crippen LogP contribution in [0.15, 0.2) is 0 Å². The van der Waals surface area contributed by atoms with Gasteiger partial charge < -0.3 is 16.0 Å². The van der Waals surface area contributed by atoms with Crippen LogP contribution in [0.5, 0.6) is 0 Å². The summed E-state index contributed by atoms with van der Waals surface area (Å²) in [7, 11) is 0. The summed E-state index contributed by atoms with van der Waals surface area (Å²) in [6, 6.07) is 0.0179. The number of piperidine rings is 1. The van der Waals surface area contributed by atoms with Gasteiger partial charge in [-0.1, -0.05) is 32.5 Å². The van der Waals surface area contributed by atoms with Crippen molar-refractivity contribution in [3.05, 3.63) is 0 Å². The summed E-state index contributed by atoms with van der Waals surface area (Å²) in [5.41, 5.74) is 5.53. The lowest BCUT2D eigenvalue weighted by Crippen LogP contribution is -2.61. The Labute approximate surface area is 133 Å². The van der Waals surface area contributed by atoms with Gasteiger partial charge in [-0.15, -0.1) is 0 Å². The molecule has 2 fully saturated rings. The minimum atomic E-state index is -0.460. The molecule has 1 saturated carbocycles. The first-order valence-electron chi connectivity index (χ1n) is 8.34. The van der Waals surface area contributed by atoms with Crippen molar-refractivity contribution >= 4 is 23.2 Å². The van der Waals surface area contributed by atoms with Gasteiger partial charge in [0, 0.05) is 13.1 Å². The summed E-state index contributed by atoms with van der Waals surface area (Å²) in [6.07, 6.45) is 7.47. The number of thiocarbonyl (C=S) groups is 1. The van der Waals surface area contributed by atoms with Crippen LogP contribution in [0, 0.1) is 11.8 Å². The summed E-state index contributed by atoms with van der Waals surface area (Å²) in [5.74, 6) is 1.33. The fraction of sp³-hybridized carbons (Fsp3) is 0.875. The van der Waals surface area contributed by atoms with Crippen molar-refractivity contribution in [3.63, 3.8) is 0 Å². The Morgan fingerprint density at radius 1 is 1.38 bits per heavy atom. The third-order valence-electron chi connectivity index (χ3n) is 5.30. The van der Waals surface area contributed by atoms with Crippen LogP contribution >= 0.6 is 12.2 Å². The third-order valence-corrected chi connectivity index (χ3v) is 5.69. The maximum Gasteiger partial charge on any atom is 0.318 e. The van der Waals surface area contributed by atoms with Gasteiger partial charge in [0.25, 0.3) is 0 Å². The number of nitrogens with one attached hydrogen (secondary N) is 1. The normalized spacial score (nSPS) is 33.5. The lowest BCUT2D eigenvalue weighted by Gasteiger charge is -2.42. The Hall–Kier alpha value is -0.840. The summed E-state index contributed by atoms with van der Waals surface area (Å²) >= 11 is 5.29. The second-order valence-corrected chi connectivity index (χ2v) is 7.36. The van der Waals surface area contributed by atoms with Gasteiger partial charge in [-0.25, -0.2) is 4.79 Å². The second kappa shape index (κ2) is 6.95. The smallest absolute Gasteiger partial charge is 0.318 e. The number of rotatable bonds is 3. The zero-order chi connectivity index (χ0) is 15.5. The van der Waals surface area contributed by atoms with Gasteiger partial charge >= 0.3 is 6.03 Å². The van der Waals surface area contributed by atoms with E-state index < -0.39 is 5.54 Å². The molecule has 1 heterocycles. The number of carbonyl (C=O) groups is 1. The van der Waals surface area contributed by atoms with E-state index in [9.17, 15) is 4.79 Å². The standard InChI is InChI=1S/C16H29N3OS/c1-3-13-6-8-16(9-7-13,14(17)21)18-15(20)19-10-4-5-12(2)11-19/h12-13H,3-11H2,1-2H3,(H2,17,21)(H,18,20). The van der Waals surface area contributed by atoms with Crippen LogP contribution in [0.1, 0.15) is 58.8 Å². The summed E-state index contributed by atoms with van der Waals surface area (Å²) in [5, 5.41) is 3.19. The van der Waals surface area contributed by atoms with Crippen molar-refractivity contribution in [3.8, 4) is 0 Å². The first-order valence-corrected chi connectivity index (χ1v) is 8.74. The molecule has 0 aromatic carbocycles. The predicted octanol–water partition coefficient (Wildman–Crippen LogP) is 3.05. The molecule has 1 aliphatic carbocycles. The molecule has 1 atom stereocenters. The van der Waals surface area contributed by atoms with Crippen molar-refractivity contribution in [2.75, 3.05) is 13.1 Å². The minimum Gasteiger partial charge on any atom is -0.391 e. The Bertz CT molecular complexity index is 391. The summed E-state index contributed by atoms with van der Waals surface area (Å²) < 4.78 is 0. The molecule has 0 radical (unpaired) electrons. The zero-order valence-electron chi connectivity index (χ0n) is 13.4. The van der Waals surface area contributed by atoms with E-state index in [0.29, 0.717) is 10.9 Å². The molecule has 0 bridgehead atoms. The van der Waals surface area contributed by atoms with Gasteiger partial charge in [0.15, 0.2) is 0 Å². The average molecular weight is 311 g/mol. The van der Waals surface area contributed by atoms with E-state index in [1.807, 2.05) is 4.90 Å². The van der Waals surface area contributed by atoms with Crippen molar-refractivity contribution in [2.45, 2.75) is 64.3 Å². The molecule has 2 rings (SSSR count). The fourth-order valence-electron chi connectivity index (χ4n) is 3.67. The SMILES string of the molecule is CCC1CCC(NC(=O)N2CCCC(C)C2)(C(N)=S)CC1. The van der Waals surface area contributed by atoms with Crippen LogP contribution in [0.3, 0.4) is 0 Å². The Morgan fingerprint density at radius 3 is 2.57 bits per heavy atom. The number of hydrogen-bond acceptors (Lipinski definition) is 2. The molecule has 2 aliphatic rings. The van der Waals surface area contributed by atoms with E-state index in [1.54, 1.807) is 0 Å². The van der Waals surface area contributed by atoms with Gasteiger partial charge in [-0.05, 0) is 50.4 Å². The van der Waals surface area contributed by atoms with Crippen LogP contribution in [0.2, 0.25) is 0 Å². The monoisotopic (exact) mass is 311 g/mol. The Balaban J connectivity index is 1.99. The number of likely N-dealkylation sites (tertiary alicyclic amines) is 1. The van der Waals surface area contributed by atoms with Crippen LogP contribution in [-0.2, 0) is 0 Å². The molecule has 1 aliphatic heterocycles. The van der Waals surface area contributed by atoms with E-state index in [4.69, 9.17) is 18.0 Å². The van der Waals surface area contributed by atoms with Crippen molar-refractivity contribution < 1.29 is 4.79 Å². The average Bonchev–Trinajstić information content (AvgIpc) is 2.47. The van der Waals surface area contributed by atoms with Gasteiger partial charge in [-0.2, -0.15) is 0 Å². The number of hydrogen-bond donors (Lipinski definition) is 2. The fourth-order valence-corrected chi connectivity index (χ4v) is 3.92. The molecule has 0 spiro atoms. The highest BCUT2D eigenvalue weighted by Crippen LogP contribution is 2.34. The first kappa shape index (κ1) is 16.5. The molecule has 0 aromatic rings. The molecule has 5 heteroatoms. The molecular weight excluding hydrogens is 282 g/mol. The highest BCUT2D eigenvalue weighted by Gasteiger charge is 2.40. The van der Waals surface area contributed by atoms with Gasteiger partial charge in [0.05, 0.1) is 10.5 Å². The zero-order valence-corrected chi connectivity index (χ0v) is 14.2. The molecule has 1 saturated heterocycles. The molecule has 0 aromatic heterocycles. The van der Waals surface area contributed by atoms with Gasteiger partial charge in [0.2, 0.25) is 0 Å². The van der Waals surface area contributed by atoms with E-state index in [2.05, 4.69) is 19.2 Å². The quantitative estimate of drug-likeness (QED) is 0.788. The highest BCUT2D eigenvalue weighted by atomic mass is 32.1. The summed E-state index contributed by atoms with van der Waals surface area (Å²) in [4.78, 5) is 15.0. The van der Waals surface area contributed by atoms with E-state index in [-0.39, 0.29) is 6.03 Å². The maximum absolute atomic E-state index is 12.6. The van der Waals surface area contributed by atoms with Crippen LogP contribution in [0.4, 0.5) is 4.79 Å². The van der Waals surface area contributed by atoms with Gasteiger partial charge in [0.1, 0.15) is 0 Å². The van der Waals surface area contributed by atoms with Gasteiger partial charge in [-0.3, -0.25) is 0 Å². The topological polar surface area (TPSA) is 58.4 Å². The number of amides is 2. The molecule has 3 N–H and O–H groups in total. The number of carbonyl (C=O) groups excluding carboxylic acids is 1. The second-order valence-electron chi connectivity index (χ2n) is 6.92. The largest absolute Gasteiger partial charge is 0.391 e. The third kappa shape index (κ3) is 3.87. The summed E-state index contributed by atoms with van der Waals surface area (Å²) in [6.45, 7) is 6.12. The number of urea groups is 1. The molecule has 120 valence electrons. The highest BCUT2D eigenvalue weighted by molar-refractivity contribution is 7.80. The van der Waals surface area contributed by atoms with E-state index >= 15 is 0 Å². The lowest BCUT2D eigenvalue weighted by molar-refractivity contribution is 0.154. The first-order chi connectivity index (χ1) is 9.97. The predicted molar refractivity (Wildman–Crippen MR) is 90.3 cm³/mol. The Morgan fingerprint density at radius 2 is 2.05 bits per heavy atom.